The van der Waals surface area contributed by atoms with Crippen LogP contribution in [0.4, 0.5) is 0 Å². The molecule has 2 amide bonds. The van der Waals surface area contributed by atoms with Gasteiger partial charge in [0.25, 0.3) is 5.91 Å². The standard InChI is InChI=1S/C24H23ClN2O5S/c1-31-18-9-7-16(8-10-18)13-32-24(30)21-17(12-25)14-33-23-20(22(29)27(21)23)26-19(28)11-15-5-3-2-4-6-15/h2-10,20,23H,11-14H2,1H3,(H,26,28)/t20-,23-/m0/s1. The fraction of sp³-hybridized carbons (Fsp3) is 0.292. The highest BCUT2D eigenvalue weighted by molar-refractivity contribution is 8.00. The first kappa shape index (κ1) is 23.2. The summed E-state index contributed by atoms with van der Waals surface area (Å²) in [5.41, 5.74) is 2.47. The van der Waals surface area contributed by atoms with Gasteiger partial charge < -0.3 is 14.8 Å². The van der Waals surface area contributed by atoms with Crippen molar-refractivity contribution in [2.75, 3.05) is 18.7 Å². The first-order chi connectivity index (χ1) is 16.0. The quantitative estimate of drug-likeness (QED) is 0.351. The Morgan fingerprint density at radius 2 is 1.85 bits per heavy atom. The summed E-state index contributed by atoms with van der Waals surface area (Å²) in [6.07, 6.45) is 0.182. The highest BCUT2D eigenvalue weighted by Gasteiger charge is 2.54. The monoisotopic (exact) mass is 486 g/mol. The van der Waals surface area contributed by atoms with Crippen molar-refractivity contribution in [2.45, 2.75) is 24.4 Å². The van der Waals surface area contributed by atoms with Gasteiger partial charge in [0.15, 0.2) is 0 Å². The Bertz CT molecular complexity index is 1070. The van der Waals surface area contributed by atoms with Crippen LogP contribution in [0.15, 0.2) is 65.9 Å². The lowest BCUT2D eigenvalue weighted by Crippen LogP contribution is -2.70. The number of rotatable bonds is 8. The van der Waals surface area contributed by atoms with E-state index < -0.39 is 12.0 Å². The zero-order valence-corrected chi connectivity index (χ0v) is 19.5. The Labute approximate surface area is 201 Å². The molecule has 0 radical (unpaired) electrons. The largest absolute Gasteiger partial charge is 0.497 e. The molecule has 4 rings (SSSR count). The number of esters is 1. The number of hydrogen-bond donors (Lipinski definition) is 1. The Morgan fingerprint density at radius 3 is 2.52 bits per heavy atom. The molecule has 9 heteroatoms. The minimum Gasteiger partial charge on any atom is -0.497 e. The number of thioether (sulfide) groups is 1. The van der Waals surface area contributed by atoms with Gasteiger partial charge in [-0.25, -0.2) is 4.79 Å². The predicted molar refractivity (Wildman–Crippen MR) is 126 cm³/mol. The Kier molecular flexibility index (Phi) is 7.25. The summed E-state index contributed by atoms with van der Waals surface area (Å²) in [5.74, 6) is 0.116. The molecule has 2 aromatic carbocycles. The summed E-state index contributed by atoms with van der Waals surface area (Å²) in [6, 6.07) is 15.8. The van der Waals surface area contributed by atoms with Crippen LogP contribution in [-0.2, 0) is 32.1 Å². The van der Waals surface area contributed by atoms with E-state index in [4.69, 9.17) is 21.1 Å². The number of nitrogens with one attached hydrogen (secondary N) is 1. The highest BCUT2D eigenvalue weighted by atomic mass is 35.5. The second kappa shape index (κ2) is 10.3. The smallest absolute Gasteiger partial charge is 0.355 e. The number of β-lactam (4-membered cyclic amide) rings is 1. The summed E-state index contributed by atoms with van der Waals surface area (Å²) in [6.45, 7) is 0.0545. The maximum atomic E-state index is 12.9. The lowest BCUT2D eigenvalue weighted by Gasteiger charge is -2.49. The molecule has 0 unspecified atom stereocenters. The number of methoxy groups -OCH3 is 1. The van der Waals surface area contributed by atoms with Gasteiger partial charge in [-0.15, -0.1) is 23.4 Å². The van der Waals surface area contributed by atoms with Gasteiger partial charge in [-0.1, -0.05) is 42.5 Å². The number of halogens is 1. The number of ether oxygens (including phenoxy) is 2. The van der Waals surface area contributed by atoms with Crippen LogP contribution in [-0.4, -0.2) is 52.8 Å². The van der Waals surface area contributed by atoms with Crippen LogP contribution in [0.3, 0.4) is 0 Å². The van der Waals surface area contributed by atoms with E-state index in [-0.39, 0.29) is 41.8 Å². The van der Waals surface area contributed by atoms with Crippen LogP contribution in [0.2, 0.25) is 0 Å². The third-order valence-electron chi connectivity index (χ3n) is 5.45. The van der Waals surface area contributed by atoms with Gasteiger partial charge >= 0.3 is 5.97 Å². The van der Waals surface area contributed by atoms with Crippen molar-refractivity contribution in [1.82, 2.24) is 10.2 Å². The summed E-state index contributed by atoms with van der Waals surface area (Å²) in [4.78, 5) is 39.7. The van der Waals surface area contributed by atoms with Gasteiger partial charge in [0.1, 0.15) is 29.5 Å². The van der Waals surface area contributed by atoms with Crippen LogP contribution >= 0.6 is 23.4 Å². The number of fused-ring (bicyclic) bond motifs is 1. The molecule has 0 spiro atoms. The molecule has 1 saturated heterocycles. The molecule has 1 fully saturated rings. The minimum atomic E-state index is -0.688. The van der Waals surface area contributed by atoms with E-state index in [1.165, 1.54) is 16.7 Å². The first-order valence-electron chi connectivity index (χ1n) is 10.4. The van der Waals surface area contributed by atoms with Crippen molar-refractivity contribution in [3.05, 3.63) is 77.0 Å². The van der Waals surface area contributed by atoms with E-state index in [0.717, 1.165) is 11.1 Å². The number of alkyl halides is 1. The number of carbonyl (C=O) groups excluding carboxylic acids is 3. The molecule has 0 bridgehead atoms. The zero-order valence-electron chi connectivity index (χ0n) is 18.0. The topological polar surface area (TPSA) is 84.9 Å². The molecule has 33 heavy (non-hydrogen) atoms. The van der Waals surface area contributed by atoms with Crippen molar-refractivity contribution >= 4 is 41.1 Å². The molecule has 1 N–H and O–H groups in total. The van der Waals surface area contributed by atoms with Crippen molar-refractivity contribution in [1.29, 1.82) is 0 Å². The van der Waals surface area contributed by atoms with Crippen molar-refractivity contribution in [3.63, 3.8) is 0 Å². The fourth-order valence-corrected chi connectivity index (χ4v) is 5.40. The van der Waals surface area contributed by atoms with E-state index in [9.17, 15) is 14.4 Å². The lowest BCUT2D eigenvalue weighted by atomic mass is 10.0. The summed E-state index contributed by atoms with van der Waals surface area (Å²) in [5, 5.41) is 2.44. The van der Waals surface area contributed by atoms with Crippen LogP contribution in [0.5, 0.6) is 5.75 Å². The predicted octanol–water partition coefficient (Wildman–Crippen LogP) is 2.87. The molecule has 2 heterocycles. The molecule has 2 atom stereocenters. The molecule has 0 aromatic heterocycles. The molecular weight excluding hydrogens is 464 g/mol. The second-order valence-corrected chi connectivity index (χ2v) is 9.00. The van der Waals surface area contributed by atoms with Gasteiger partial charge in [0.05, 0.1) is 13.5 Å². The normalized spacial score (nSPS) is 19.5. The van der Waals surface area contributed by atoms with Gasteiger partial charge in [-0.2, -0.15) is 0 Å². The van der Waals surface area contributed by atoms with E-state index in [2.05, 4.69) is 5.32 Å². The number of amides is 2. The van der Waals surface area contributed by atoms with Crippen LogP contribution in [0.1, 0.15) is 11.1 Å². The third kappa shape index (κ3) is 5.02. The maximum Gasteiger partial charge on any atom is 0.355 e. The van der Waals surface area contributed by atoms with Crippen molar-refractivity contribution in [2.24, 2.45) is 0 Å². The number of carbonyl (C=O) groups is 3. The van der Waals surface area contributed by atoms with Crippen molar-refractivity contribution < 1.29 is 23.9 Å². The third-order valence-corrected chi connectivity index (χ3v) is 7.12. The molecule has 172 valence electrons. The fourth-order valence-electron chi connectivity index (χ4n) is 3.72. The van der Waals surface area contributed by atoms with Gasteiger partial charge in [-0.05, 0) is 28.8 Å². The minimum absolute atomic E-state index is 0.0545. The number of hydrogen-bond acceptors (Lipinski definition) is 6. The summed E-state index contributed by atoms with van der Waals surface area (Å²) < 4.78 is 10.6. The average molecular weight is 487 g/mol. The van der Waals surface area contributed by atoms with E-state index in [1.807, 2.05) is 30.3 Å². The molecule has 2 aliphatic heterocycles. The van der Waals surface area contributed by atoms with Crippen LogP contribution in [0, 0.1) is 0 Å². The number of nitrogens with zero attached hydrogens (tertiary/aromatic N) is 1. The Morgan fingerprint density at radius 1 is 1.12 bits per heavy atom. The van der Waals surface area contributed by atoms with E-state index in [0.29, 0.717) is 17.1 Å². The summed E-state index contributed by atoms with van der Waals surface area (Å²) in [7, 11) is 1.58. The van der Waals surface area contributed by atoms with E-state index >= 15 is 0 Å². The molecule has 0 saturated carbocycles. The molecule has 2 aliphatic rings. The van der Waals surface area contributed by atoms with Gasteiger partial charge in [0.2, 0.25) is 5.91 Å². The number of benzene rings is 2. The zero-order chi connectivity index (χ0) is 23.4. The lowest BCUT2D eigenvalue weighted by molar-refractivity contribution is -0.153. The molecule has 2 aromatic rings. The summed E-state index contributed by atoms with van der Waals surface area (Å²) >= 11 is 7.54. The molecule has 0 aliphatic carbocycles. The maximum absolute atomic E-state index is 12.9. The highest BCUT2D eigenvalue weighted by Crippen LogP contribution is 2.41. The van der Waals surface area contributed by atoms with Crippen molar-refractivity contribution in [3.8, 4) is 5.75 Å². The van der Waals surface area contributed by atoms with Crippen LogP contribution < -0.4 is 10.1 Å². The van der Waals surface area contributed by atoms with Gasteiger partial charge in [0, 0.05) is 11.6 Å². The van der Waals surface area contributed by atoms with Gasteiger partial charge in [-0.3, -0.25) is 14.5 Å². The second-order valence-electron chi connectivity index (χ2n) is 7.63. The SMILES string of the molecule is COc1ccc(COC(=O)C2=C(CCl)CS[C@H]3[C@@H](NC(=O)Cc4ccccc4)C(=O)N23)cc1. The Balaban J connectivity index is 1.41. The van der Waals surface area contributed by atoms with E-state index in [1.54, 1.807) is 31.4 Å². The van der Waals surface area contributed by atoms with Crippen LogP contribution in [0.25, 0.3) is 0 Å². The Hall–Kier alpha value is -2.97. The first-order valence-corrected chi connectivity index (χ1v) is 12.0. The molecule has 7 nitrogen and oxygen atoms in total. The average Bonchev–Trinajstić information content (AvgIpc) is 2.85. The molecular formula is C24H23ClN2O5S.